The Bertz CT molecular complexity index is 186. The predicted octanol–water partition coefficient (Wildman–Crippen LogP) is 3.51. The predicted molar refractivity (Wildman–Crippen MR) is 59.2 cm³/mol. The van der Waals surface area contributed by atoms with E-state index in [0.29, 0.717) is 0 Å². The zero-order valence-electron chi connectivity index (χ0n) is 9.47. The summed E-state index contributed by atoms with van der Waals surface area (Å²) in [6, 6.07) is 0. The molecule has 1 heteroatoms. The smallest absolute Gasteiger partial charge is 0.0650 e. The van der Waals surface area contributed by atoms with Gasteiger partial charge in [-0.05, 0) is 50.4 Å². The largest absolute Gasteiger partial charge is 0.390 e. The van der Waals surface area contributed by atoms with Crippen LogP contribution in [0.25, 0.3) is 0 Å². The first-order valence-corrected chi connectivity index (χ1v) is 6.46. The lowest BCUT2D eigenvalue weighted by molar-refractivity contribution is -0.0284. The molecule has 0 radical (unpaired) electrons. The molecule has 0 heterocycles. The highest BCUT2D eigenvalue weighted by Gasteiger charge is 2.40. The van der Waals surface area contributed by atoms with E-state index in [0.717, 1.165) is 31.1 Å². The minimum absolute atomic E-state index is 0.276. The first-order valence-electron chi connectivity index (χ1n) is 6.46. The third kappa shape index (κ3) is 2.50. The number of aliphatic hydroxyl groups is 1. The molecule has 2 saturated carbocycles. The molecule has 2 unspecified atom stereocenters. The van der Waals surface area contributed by atoms with Gasteiger partial charge >= 0.3 is 0 Å². The van der Waals surface area contributed by atoms with Crippen LogP contribution in [-0.4, -0.2) is 10.7 Å². The van der Waals surface area contributed by atoms with Crippen LogP contribution in [0.2, 0.25) is 0 Å². The standard InChI is InChI=1S/C13H24O/c1-2-3-8-13(14)9-4-5-12(10-13)11-6-7-11/h11-12,14H,2-10H2,1H3. The van der Waals surface area contributed by atoms with Gasteiger partial charge in [0.2, 0.25) is 0 Å². The van der Waals surface area contributed by atoms with Gasteiger partial charge in [0, 0.05) is 0 Å². The Morgan fingerprint density at radius 3 is 2.64 bits per heavy atom. The zero-order valence-corrected chi connectivity index (χ0v) is 9.47. The number of rotatable bonds is 4. The van der Waals surface area contributed by atoms with Gasteiger partial charge in [-0.2, -0.15) is 0 Å². The Hall–Kier alpha value is -0.0400. The van der Waals surface area contributed by atoms with Gasteiger partial charge < -0.3 is 5.11 Å². The van der Waals surface area contributed by atoms with Crippen LogP contribution in [0, 0.1) is 11.8 Å². The van der Waals surface area contributed by atoms with Crippen molar-refractivity contribution in [2.24, 2.45) is 11.8 Å². The van der Waals surface area contributed by atoms with Gasteiger partial charge in [0.15, 0.2) is 0 Å². The monoisotopic (exact) mass is 196 g/mol. The summed E-state index contributed by atoms with van der Waals surface area (Å²) in [5.74, 6) is 1.86. The number of hydrogen-bond acceptors (Lipinski definition) is 1. The fraction of sp³-hybridized carbons (Fsp3) is 1.00. The van der Waals surface area contributed by atoms with Crippen molar-refractivity contribution in [1.29, 1.82) is 0 Å². The maximum Gasteiger partial charge on any atom is 0.0650 e. The van der Waals surface area contributed by atoms with E-state index in [1.165, 1.54) is 38.5 Å². The Morgan fingerprint density at radius 2 is 2.00 bits per heavy atom. The van der Waals surface area contributed by atoms with E-state index < -0.39 is 0 Å². The second-order valence-corrected chi connectivity index (χ2v) is 5.52. The van der Waals surface area contributed by atoms with Crippen molar-refractivity contribution in [2.45, 2.75) is 70.3 Å². The van der Waals surface area contributed by atoms with Gasteiger partial charge in [-0.3, -0.25) is 0 Å². The molecule has 82 valence electrons. The summed E-state index contributed by atoms with van der Waals surface area (Å²) in [7, 11) is 0. The molecular formula is C13H24O. The molecule has 2 rings (SSSR count). The van der Waals surface area contributed by atoms with Crippen molar-refractivity contribution in [1.82, 2.24) is 0 Å². The molecule has 2 fully saturated rings. The fourth-order valence-corrected chi connectivity index (χ4v) is 3.09. The Balaban J connectivity index is 1.84. The third-order valence-electron chi connectivity index (χ3n) is 4.14. The highest BCUT2D eigenvalue weighted by atomic mass is 16.3. The highest BCUT2D eigenvalue weighted by molar-refractivity contribution is 4.92. The molecule has 2 atom stereocenters. The molecule has 0 amide bonds. The van der Waals surface area contributed by atoms with Crippen molar-refractivity contribution < 1.29 is 5.11 Å². The van der Waals surface area contributed by atoms with Crippen molar-refractivity contribution in [3.63, 3.8) is 0 Å². The van der Waals surface area contributed by atoms with Crippen LogP contribution >= 0.6 is 0 Å². The quantitative estimate of drug-likeness (QED) is 0.729. The molecule has 2 aliphatic carbocycles. The summed E-state index contributed by atoms with van der Waals surface area (Å²) in [5.41, 5.74) is -0.276. The van der Waals surface area contributed by atoms with Crippen LogP contribution in [-0.2, 0) is 0 Å². The summed E-state index contributed by atoms with van der Waals surface area (Å²) in [4.78, 5) is 0. The lowest BCUT2D eigenvalue weighted by Crippen LogP contribution is -2.35. The molecule has 1 N–H and O–H groups in total. The first-order chi connectivity index (χ1) is 6.73. The average molecular weight is 196 g/mol. The first kappa shape index (κ1) is 10.5. The summed E-state index contributed by atoms with van der Waals surface area (Å²) in [6.07, 6.45) is 11.2. The van der Waals surface area contributed by atoms with E-state index >= 15 is 0 Å². The van der Waals surface area contributed by atoms with Gasteiger partial charge in [-0.25, -0.2) is 0 Å². The molecule has 0 aromatic rings. The van der Waals surface area contributed by atoms with Crippen molar-refractivity contribution >= 4 is 0 Å². The van der Waals surface area contributed by atoms with Crippen molar-refractivity contribution in [3.8, 4) is 0 Å². The lowest BCUT2D eigenvalue weighted by atomic mass is 9.74. The average Bonchev–Trinajstić information content (AvgIpc) is 2.98. The molecule has 0 saturated heterocycles. The lowest BCUT2D eigenvalue weighted by Gasteiger charge is -2.37. The normalized spacial score (nSPS) is 38.6. The van der Waals surface area contributed by atoms with Crippen LogP contribution in [0.4, 0.5) is 0 Å². The summed E-state index contributed by atoms with van der Waals surface area (Å²) in [6.45, 7) is 2.21. The van der Waals surface area contributed by atoms with E-state index in [1.54, 1.807) is 0 Å². The van der Waals surface area contributed by atoms with Crippen molar-refractivity contribution in [3.05, 3.63) is 0 Å². The molecular weight excluding hydrogens is 172 g/mol. The second kappa shape index (κ2) is 4.22. The summed E-state index contributed by atoms with van der Waals surface area (Å²) >= 11 is 0. The molecule has 0 spiro atoms. The van der Waals surface area contributed by atoms with Gasteiger partial charge in [0.25, 0.3) is 0 Å². The van der Waals surface area contributed by atoms with E-state index in [9.17, 15) is 5.11 Å². The molecule has 0 aliphatic heterocycles. The molecule has 2 aliphatic rings. The molecule has 14 heavy (non-hydrogen) atoms. The summed E-state index contributed by atoms with van der Waals surface area (Å²) < 4.78 is 0. The molecule has 0 aromatic heterocycles. The topological polar surface area (TPSA) is 20.2 Å². The van der Waals surface area contributed by atoms with Crippen LogP contribution in [0.5, 0.6) is 0 Å². The fourth-order valence-electron chi connectivity index (χ4n) is 3.09. The van der Waals surface area contributed by atoms with E-state index in [-0.39, 0.29) is 5.60 Å². The van der Waals surface area contributed by atoms with Gasteiger partial charge in [0.1, 0.15) is 0 Å². The zero-order chi connectivity index (χ0) is 10.0. The number of hydrogen-bond donors (Lipinski definition) is 1. The minimum Gasteiger partial charge on any atom is -0.390 e. The van der Waals surface area contributed by atoms with E-state index in [4.69, 9.17) is 0 Å². The Labute approximate surface area is 87.9 Å². The minimum atomic E-state index is -0.276. The second-order valence-electron chi connectivity index (χ2n) is 5.52. The summed E-state index contributed by atoms with van der Waals surface area (Å²) in [5, 5.41) is 10.4. The highest BCUT2D eigenvalue weighted by Crippen LogP contribution is 2.47. The van der Waals surface area contributed by atoms with Gasteiger partial charge in [0.05, 0.1) is 5.60 Å². The van der Waals surface area contributed by atoms with E-state index in [2.05, 4.69) is 6.92 Å². The van der Waals surface area contributed by atoms with Crippen molar-refractivity contribution in [2.75, 3.05) is 0 Å². The van der Waals surface area contributed by atoms with E-state index in [1.807, 2.05) is 0 Å². The molecule has 0 bridgehead atoms. The van der Waals surface area contributed by atoms with Crippen LogP contribution in [0.3, 0.4) is 0 Å². The van der Waals surface area contributed by atoms with Gasteiger partial charge in [-0.1, -0.05) is 26.2 Å². The molecule has 1 nitrogen and oxygen atoms in total. The van der Waals surface area contributed by atoms with Crippen LogP contribution < -0.4 is 0 Å². The Morgan fingerprint density at radius 1 is 1.21 bits per heavy atom. The maximum atomic E-state index is 10.4. The third-order valence-corrected chi connectivity index (χ3v) is 4.14. The number of unbranched alkanes of at least 4 members (excludes halogenated alkanes) is 1. The SMILES string of the molecule is CCCCC1(O)CCCC(C2CC2)C1. The Kier molecular flexibility index (Phi) is 3.16. The maximum absolute atomic E-state index is 10.4. The van der Waals surface area contributed by atoms with Crippen LogP contribution in [0.15, 0.2) is 0 Å². The van der Waals surface area contributed by atoms with Crippen LogP contribution in [0.1, 0.15) is 64.7 Å². The molecule has 0 aromatic carbocycles. The van der Waals surface area contributed by atoms with Gasteiger partial charge in [-0.15, -0.1) is 0 Å².